The minimum Gasteiger partial charge on any atom is -0.507 e. The van der Waals surface area contributed by atoms with Crippen molar-refractivity contribution in [1.82, 2.24) is 0 Å². The van der Waals surface area contributed by atoms with Crippen LogP contribution >= 0.6 is 0 Å². The SMILES string of the molecule is Cc1cc(O)c(C#N)c(C)c1O. The summed E-state index contributed by atoms with van der Waals surface area (Å²) in [5.41, 5.74) is 1.14. The summed E-state index contributed by atoms with van der Waals surface area (Å²) < 4.78 is 0. The lowest BCUT2D eigenvalue weighted by molar-refractivity contribution is 0.451. The number of hydrogen-bond donors (Lipinski definition) is 2. The first-order chi connectivity index (χ1) is 5.57. The zero-order valence-electron chi connectivity index (χ0n) is 6.92. The van der Waals surface area contributed by atoms with Crippen LogP contribution in [0.1, 0.15) is 16.7 Å². The monoisotopic (exact) mass is 163 g/mol. The third kappa shape index (κ3) is 1.08. The number of phenols is 2. The number of aromatic hydroxyl groups is 2. The Bertz CT molecular complexity index is 364. The van der Waals surface area contributed by atoms with Gasteiger partial charge in [0.1, 0.15) is 23.1 Å². The molecule has 0 saturated carbocycles. The fourth-order valence-corrected chi connectivity index (χ4v) is 1.09. The van der Waals surface area contributed by atoms with Crippen molar-refractivity contribution >= 4 is 0 Å². The molecule has 0 atom stereocenters. The largest absolute Gasteiger partial charge is 0.507 e. The Balaban J connectivity index is 3.54. The van der Waals surface area contributed by atoms with Gasteiger partial charge < -0.3 is 10.2 Å². The van der Waals surface area contributed by atoms with Crippen LogP contribution in [0.3, 0.4) is 0 Å². The molecule has 0 spiro atoms. The minimum atomic E-state index is -0.0784. The van der Waals surface area contributed by atoms with Gasteiger partial charge in [-0.2, -0.15) is 5.26 Å². The minimum absolute atomic E-state index is 0.0735. The van der Waals surface area contributed by atoms with Crippen LogP contribution in [-0.2, 0) is 0 Å². The Kier molecular flexibility index (Phi) is 1.92. The summed E-state index contributed by atoms with van der Waals surface area (Å²) >= 11 is 0. The quantitative estimate of drug-likeness (QED) is 0.571. The van der Waals surface area contributed by atoms with Gasteiger partial charge in [0.25, 0.3) is 0 Å². The van der Waals surface area contributed by atoms with E-state index in [0.717, 1.165) is 0 Å². The molecule has 0 unspecified atom stereocenters. The molecular formula is C9H9NO2. The summed E-state index contributed by atoms with van der Waals surface area (Å²) in [6.07, 6.45) is 0. The normalized spacial score (nSPS) is 9.42. The Morgan fingerprint density at radius 2 is 1.92 bits per heavy atom. The summed E-state index contributed by atoms with van der Waals surface area (Å²) in [6, 6.07) is 3.20. The second kappa shape index (κ2) is 2.74. The first-order valence-electron chi connectivity index (χ1n) is 3.50. The lowest BCUT2D eigenvalue weighted by Crippen LogP contribution is -1.87. The van der Waals surface area contributed by atoms with E-state index in [0.29, 0.717) is 11.1 Å². The molecule has 0 aliphatic heterocycles. The molecule has 0 radical (unpaired) electrons. The molecule has 0 saturated heterocycles. The number of hydrogen-bond acceptors (Lipinski definition) is 3. The Morgan fingerprint density at radius 1 is 1.33 bits per heavy atom. The Labute approximate surface area is 70.5 Å². The van der Waals surface area contributed by atoms with Gasteiger partial charge in [-0.25, -0.2) is 0 Å². The van der Waals surface area contributed by atoms with Gasteiger partial charge in [0.05, 0.1) is 0 Å². The number of aryl methyl sites for hydroxylation is 1. The summed E-state index contributed by atoms with van der Waals surface area (Å²) in [7, 11) is 0. The lowest BCUT2D eigenvalue weighted by atomic mass is 10.0. The van der Waals surface area contributed by atoms with Crippen molar-refractivity contribution in [2.24, 2.45) is 0 Å². The zero-order chi connectivity index (χ0) is 9.30. The second-order valence-electron chi connectivity index (χ2n) is 2.67. The molecule has 2 N–H and O–H groups in total. The van der Waals surface area contributed by atoms with Crippen molar-refractivity contribution in [2.75, 3.05) is 0 Å². The maximum absolute atomic E-state index is 9.38. The molecule has 1 aromatic carbocycles. The molecule has 0 amide bonds. The molecule has 3 nitrogen and oxygen atoms in total. The van der Waals surface area contributed by atoms with Gasteiger partial charge in [0.2, 0.25) is 0 Å². The first-order valence-corrected chi connectivity index (χ1v) is 3.50. The van der Waals surface area contributed by atoms with E-state index in [2.05, 4.69) is 0 Å². The highest BCUT2D eigenvalue weighted by atomic mass is 16.3. The molecule has 3 heteroatoms. The predicted molar refractivity (Wildman–Crippen MR) is 44.0 cm³/mol. The molecule has 0 aliphatic carbocycles. The molecule has 0 fully saturated rings. The number of nitrogens with zero attached hydrogens (tertiary/aromatic N) is 1. The number of phenolic OH excluding ortho intramolecular Hbond substituents is 2. The first kappa shape index (κ1) is 8.41. The highest BCUT2D eigenvalue weighted by molar-refractivity contribution is 5.56. The summed E-state index contributed by atoms with van der Waals surface area (Å²) in [6.45, 7) is 3.27. The van der Waals surface area contributed by atoms with Crippen molar-refractivity contribution in [3.8, 4) is 17.6 Å². The second-order valence-corrected chi connectivity index (χ2v) is 2.67. The van der Waals surface area contributed by atoms with E-state index in [4.69, 9.17) is 5.26 Å². The van der Waals surface area contributed by atoms with E-state index in [1.165, 1.54) is 6.07 Å². The lowest BCUT2D eigenvalue weighted by Gasteiger charge is -2.05. The molecule has 0 aromatic heterocycles. The molecular weight excluding hydrogens is 154 g/mol. The standard InChI is InChI=1S/C9H9NO2/c1-5-3-8(11)7(4-10)6(2)9(5)12/h3,11-12H,1-2H3. The summed E-state index contributed by atoms with van der Waals surface area (Å²) in [4.78, 5) is 0. The topological polar surface area (TPSA) is 64.2 Å². The van der Waals surface area contributed by atoms with Crippen LogP contribution in [0.2, 0.25) is 0 Å². The van der Waals surface area contributed by atoms with Gasteiger partial charge in [-0.1, -0.05) is 0 Å². The van der Waals surface area contributed by atoms with E-state index in [1.807, 2.05) is 6.07 Å². The van der Waals surface area contributed by atoms with Gasteiger partial charge in [-0.3, -0.25) is 0 Å². The van der Waals surface area contributed by atoms with E-state index >= 15 is 0 Å². The van der Waals surface area contributed by atoms with E-state index < -0.39 is 0 Å². The van der Waals surface area contributed by atoms with E-state index in [-0.39, 0.29) is 17.1 Å². The average molecular weight is 163 g/mol. The van der Waals surface area contributed by atoms with Crippen LogP contribution in [-0.4, -0.2) is 10.2 Å². The van der Waals surface area contributed by atoms with Crippen molar-refractivity contribution < 1.29 is 10.2 Å². The van der Waals surface area contributed by atoms with Crippen LogP contribution in [0.15, 0.2) is 6.07 Å². The van der Waals surface area contributed by atoms with Crippen LogP contribution < -0.4 is 0 Å². The fourth-order valence-electron chi connectivity index (χ4n) is 1.09. The highest BCUT2D eigenvalue weighted by Gasteiger charge is 2.10. The van der Waals surface area contributed by atoms with Crippen LogP contribution in [0.4, 0.5) is 0 Å². The maximum Gasteiger partial charge on any atom is 0.134 e. The fraction of sp³-hybridized carbons (Fsp3) is 0.222. The van der Waals surface area contributed by atoms with Gasteiger partial charge in [-0.05, 0) is 25.5 Å². The van der Waals surface area contributed by atoms with Crippen molar-refractivity contribution in [2.45, 2.75) is 13.8 Å². The summed E-state index contributed by atoms with van der Waals surface area (Å²) in [5.74, 6) is -0.00495. The van der Waals surface area contributed by atoms with E-state index in [9.17, 15) is 10.2 Å². The van der Waals surface area contributed by atoms with Gasteiger partial charge in [0, 0.05) is 5.56 Å². The smallest absolute Gasteiger partial charge is 0.134 e. The van der Waals surface area contributed by atoms with Crippen LogP contribution in [0.25, 0.3) is 0 Å². The van der Waals surface area contributed by atoms with Crippen molar-refractivity contribution in [3.05, 3.63) is 22.8 Å². The molecule has 1 aromatic rings. The van der Waals surface area contributed by atoms with Gasteiger partial charge >= 0.3 is 0 Å². The molecule has 12 heavy (non-hydrogen) atoms. The third-order valence-electron chi connectivity index (χ3n) is 1.82. The average Bonchev–Trinajstić information content (AvgIpc) is 2.01. The Hall–Kier alpha value is -1.69. The maximum atomic E-state index is 9.38. The van der Waals surface area contributed by atoms with Crippen molar-refractivity contribution in [1.29, 1.82) is 5.26 Å². The van der Waals surface area contributed by atoms with Gasteiger partial charge in [-0.15, -0.1) is 0 Å². The number of rotatable bonds is 0. The molecule has 0 aliphatic rings. The third-order valence-corrected chi connectivity index (χ3v) is 1.82. The summed E-state index contributed by atoms with van der Waals surface area (Å²) in [5, 5.41) is 27.2. The molecule has 62 valence electrons. The van der Waals surface area contributed by atoms with E-state index in [1.54, 1.807) is 13.8 Å². The Morgan fingerprint density at radius 3 is 2.42 bits per heavy atom. The highest BCUT2D eigenvalue weighted by Crippen LogP contribution is 2.30. The number of benzene rings is 1. The van der Waals surface area contributed by atoms with Crippen molar-refractivity contribution in [3.63, 3.8) is 0 Å². The van der Waals surface area contributed by atoms with Crippen LogP contribution in [0.5, 0.6) is 11.5 Å². The number of nitriles is 1. The zero-order valence-corrected chi connectivity index (χ0v) is 6.92. The molecule has 1 rings (SSSR count). The van der Waals surface area contributed by atoms with Gasteiger partial charge in [0.15, 0.2) is 0 Å². The van der Waals surface area contributed by atoms with Crippen LogP contribution in [0, 0.1) is 25.2 Å². The molecule has 0 bridgehead atoms. The predicted octanol–water partition coefficient (Wildman–Crippen LogP) is 1.59. The molecule has 0 heterocycles.